The Morgan fingerprint density at radius 2 is 1.46 bits per heavy atom. The van der Waals surface area contributed by atoms with E-state index in [2.05, 4.69) is 30.9 Å². The predicted octanol–water partition coefficient (Wildman–Crippen LogP) is 4.90. The first-order valence-electron chi connectivity index (χ1n) is 9.76. The van der Waals surface area contributed by atoms with Gasteiger partial charge in [-0.3, -0.25) is 9.69 Å². The van der Waals surface area contributed by atoms with E-state index in [4.69, 9.17) is 0 Å². The summed E-state index contributed by atoms with van der Waals surface area (Å²) in [5.41, 5.74) is 2.26. The van der Waals surface area contributed by atoms with Crippen molar-refractivity contribution in [1.82, 2.24) is 9.80 Å². The Morgan fingerprint density at radius 3 is 2.00 bits per heavy atom. The molecule has 0 aromatic heterocycles. The molecule has 2 aromatic rings. The fourth-order valence-corrected chi connectivity index (χ4v) is 3.32. The summed E-state index contributed by atoms with van der Waals surface area (Å²) in [6.45, 7) is 6.37. The van der Waals surface area contributed by atoms with Gasteiger partial charge in [-0.05, 0) is 24.0 Å². The summed E-state index contributed by atoms with van der Waals surface area (Å²) in [6, 6.07) is 20.3. The molecule has 0 N–H and O–H groups in total. The maximum Gasteiger partial charge on any atom is 0.228 e. The molecule has 1 amide bonds. The minimum Gasteiger partial charge on any atom is -0.325 e. The van der Waals surface area contributed by atoms with Crippen LogP contribution in [-0.2, 0) is 11.2 Å². The molecule has 1 fully saturated rings. The molecular formula is C23H32N2O. The molecule has 2 aromatic carbocycles. The second kappa shape index (κ2) is 10.8. The third kappa shape index (κ3) is 5.70. The number of nitrogens with zero attached hydrogens (tertiary/aromatic N) is 2. The second-order valence-corrected chi connectivity index (χ2v) is 6.90. The van der Waals surface area contributed by atoms with E-state index in [9.17, 15) is 4.79 Å². The van der Waals surface area contributed by atoms with Crippen LogP contribution in [-0.4, -0.2) is 35.8 Å². The normalized spacial score (nSPS) is 15.0. The number of likely N-dealkylation sites (N-methyl/N-ethyl adjacent to an activating group) is 1. The van der Waals surface area contributed by atoms with Gasteiger partial charge in [-0.25, -0.2) is 0 Å². The average Bonchev–Trinajstić information content (AvgIpc) is 3.18. The molecule has 1 aliphatic heterocycles. The quantitative estimate of drug-likeness (QED) is 0.764. The first-order chi connectivity index (χ1) is 12.7. The summed E-state index contributed by atoms with van der Waals surface area (Å²) in [6.07, 6.45) is 4.16. The lowest BCUT2D eigenvalue weighted by Crippen LogP contribution is -2.42. The monoisotopic (exact) mass is 352 g/mol. The largest absolute Gasteiger partial charge is 0.325 e. The van der Waals surface area contributed by atoms with Crippen LogP contribution in [0.2, 0.25) is 0 Å². The Labute approximate surface area is 158 Å². The summed E-state index contributed by atoms with van der Waals surface area (Å²) >= 11 is 0. The molecule has 0 radical (unpaired) electrons. The third-order valence-corrected chi connectivity index (χ3v) is 4.54. The Hall–Kier alpha value is -2.13. The van der Waals surface area contributed by atoms with Crippen LogP contribution in [0, 0.1) is 0 Å². The van der Waals surface area contributed by atoms with Gasteiger partial charge in [0.15, 0.2) is 0 Å². The van der Waals surface area contributed by atoms with Crippen LogP contribution >= 0.6 is 0 Å². The van der Waals surface area contributed by atoms with Crippen molar-refractivity contribution in [3.63, 3.8) is 0 Å². The molecule has 1 heterocycles. The number of carbonyl (C=O) groups is 1. The van der Waals surface area contributed by atoms with Crippen LogP contribution in [0.1, 0.15) is 50.4 Å². The van der Waals surface area contributed by atoms with E-state index < -0.39 is 0 Å². The van der Waals surface area contributed by atoms with Crippen molar-refractivity contribution in [3.8, 4) is 0 Å². The highest BCUT2D eigenvalue weighted by molar-refractivity contribution is 5.79. The Bertz CT molecular complexity index is 636. The van der Waals surface area contributed by atoms with E-state index in [1.807, 2.05) is 60.5 Å². The number of benzene rings is 2. The zero-order valence-corrected chi connectivity index (χ0v) is 16.4. The fourth-order valence-electron chi connectivity index (χ4n) is 3.32. The molecule has 26 heavy (non-hydrogen) atoms. The molecule has 3 rings (SSSR count). The van der Waals surface area contributed by atoms with Crippen molar-refractivity contribution in [2.24, 2.45) is 0 Å². The van der Waals surface area contributed by atoms with Gasteiger partial charge in [0, 0.05) is 20.1 Å². The van der Waals surface area contributed by atoms with Gasteiger partial charge < -0.3 is 4.90 Å². The van der Waals surface area contributed by atoms with Gasteiger partial charge >= 0.3 is 0 Å². The molecule has 3 heteroatoms. The highest BCUT2D eigenvalue weighted by Gasteiger charge is 2.29. The van der Waals surface area contributed by atoms with E-state index in [0.29, 0.717) is 6.42 Å². The molecular weight excluding hydrogens is 320 g/mol. The van der Waals surface area contributed by atoms with Gasteiger partial charge in [-0.15, -0.1) is 0 Å². The maximum absolute atomic E-state index is 12.8. The van der Waals surface area contributed by atoms with Gasteiger partial charge in [-0.2, -0.15) is 0 Å². The van der Waals surface area contributed by atoms with Crippen molar-refractivity contribution in [2.45, 2.75) is 45.7 Å². The van der Waals surface area contributed by atoms with E-state index in [-0.39, 0.29) is 12.1 Å². The third-order valence-electron chi connectivity index (χ3n) is 4.54. The summed E-state index contributed by atoms with van der Waals surface area (Å²) in [5.74, 6) is 0.164. The van der Waals surface area contributed by atoms with Gasteiger partial charge in [0.05, 0.1) is 6.42 Å². The van der Waals surface area contributed by atoms with Gasteiger partial charge in [-0.1, -0.05) is 80.9 Å². The zero-order valence-electron chi connectivity index (χ0n) is 16.4. The molecule has 0 spiro atoms. The van der Waals surface area contributed by atoms with Crippen LogP contribution in [0.4, 0.5) is 0 Å². The zero-order chi connectivity index (χ0) is 18.8. The molecule has 0 bridgehead atoms. The fraction of sp³-hybridized carbons (Fsp3) is 0.435. The topological polar surface area (TPSA) is 23.6 Å². The first kappa shape index (κ1) is 20.2. The number of carbonyl (C=O) groups excluding carboxylic acids is 1. The van der Waals surface area contributed by atoms with E-state index >= 15 is 0 Å². The molecule has 1 unspecified atom stereocenters. The van der Waals surface area contributed by atoms with Gasteiger partial charge in [0.1, 0.15) is 6.17 Å². The highest BCUT2D eigenvalue weighted by atomic mass is 16.2. The first-order valence-corrected chi connectivity index (χ1v) is 9.76. The molecule has 0 saturated carbocycles. The van der Waals surface area contributed by atoms with Crippen molar-refractivity contribution in [2.75, 3.05) is 20.1 Å². The highest BCUT2D eigenvalue weighted by Crippen LogP contribution is 2.28. The number of rotatable bonds is 5. The number of amides is 1. The molecule has 1 saturated heterocycles. The lowest BCUT2D eigenvalue weighted by Gasteiger charge is -2.36. The second-order valence-electron chi connectivity index (χ2n) is 6.90. The lowest BCUT2D eigenvalue weighted by atomic mass is 10.1. The van der Waals surface area contributed by atoms with E-state index in [1.54, 1.807) is 0 Å². The number of likely N-dealkylation sites (tertiary alicyclic amines) is 1. The molecule has 1 aliphatic rings. The van der Waals surface area contributed by atoms with Crippen LogP contribution in [0.3, 0.4) is 0 Å². The van der Waals surface area contributed by atoms with Crippen molar-refractivity contribution < 1.29 is 4.79 Å². The molecule has 0 aliphatic carbocycles. The average molecular weight is 353 g/mol. The van der Waals surface area contributed by atoms with E-state index in [1.165, 1.54) is 24.8 Å². The summed E-state index contributed by atoms with van der Waals surface area (Å²) < 4.78 is 0. The van der Waals surface area contributed by atoms with Gasteiger partial charge in [0.25, 0.3) is 0 Å². The Kier molecular flexibility index (Phi) is 8.36. The van der Waals surface area contributed by atoms with Crippen LogP contribution < -0.4 is 0 Å². The van der Waals surface area contributed by atoms with Gasteiger partial charge in [0.2, 0.25) is 5.91 Å². The standard InChI is InChI=1S/C20H24N2O.C3H8/c1-21(19(23)16-17-10-4-2-5-11-17)20(22-14-8-9-15-22)18-12-6-3-7-13-18;1-3-2/h2-7,10-13,20H,8-9,14-16H2,1H3;3H2,1-2H3. The van der Waals surface area contributed by atoms with Crippen LogP contribution in [0.5, 0.6) is 0 Å². The number of hydrogen-bond acceptors (Lipinski definition) is 2. The Balaban J connectivity index is 0.000000758. The molecule has 1 atom stereocenters. The van der Waals surface area contributed by atoms with Crippen molar-refractivity contribution in [3.05, 3.63) is 71.8 Å². The maximum atomic E-state index is 12.8. The van der Waals surface area contributed by atoms with Crippen LogP contribution in [0.15, 0.2) is 60.7 Å². The minimum absolute atomic E-state index is 0.0370. The number of hydrogen-bond donors (Lipinski definition) is 0. The van der Waals surface area contributed by atoms with E-state index in [0.717, 1.165) is 18.7 Å². The van der Waals surface area contributed by atoms with Crippen LogP contribution in [0.25, 0.3) is 0 Å². The van der Waals surface area contributed by atoms with Crippen molar-refractivity contribution in [1.29, 1.82) is 0 Å². The SMILES string of the molecule is CCC.CN(C(=O)Cc1ccccc1)C(c1ccccc1)N1CCCC1. The predicted molar refractivity (Wildman–Crippen MR) is 109 cm³/mol. The molecule has 3 nitrogen and oxygen atoms in total. The summed E-state index contributed by atoms with van der Waals surface area (Å²) in [4.78, 5) is 17.1. The Morgan fingerprint density at radius 1 is 0.962 bits per heavy atom. The lowest BCUT2D eigenvalue weighted by molar-refractivity contribution is -0.135. The minimum atomic E-state index is 0.0370. The summed E-state index contributed by atoms with van der Waals surface area (Å²) in [7, 11) is 1.93. The smallest absolute Gasteiger partial charge is 0.228 e. The summed E-state index contributed by atoms with van der Waals surface area (Å²) in [5, 5.41) is 0. The molecule has 140 valence electrons. The van der Waals surface area contributed by atoms with Crippen molar-refractivity contribution >= 4 is 5.91 Å².